The Morgan fingerprint density at radius 3 is 3.00 bits per heavy atom. The first-order valence-electron chi connectivity index (χ1n) is 6.50. The van der Waals surface area contributed by atoms with E-state index in [-0.39, 0.29) is 0 Å². The number of rotatable bonds is 4. The number of hydrogen-bond acceptors (Lipinski definition) is 5. The van der Waals surface area contributed by atoms with Crippen LogP contribution in [0.2, 0.25) is 0 Å². The number of nitrogens with two attached hydrogens (primary N) is 1. The lowest BCUT2D eigenvalue weighted by Crippen LogP contribution is -2.39. The molecule has 0 aromatic carbocycles. The molecule has 1 unspecified atom stereocenters. The van der Waals surface area contributed by atoms with Crippen molar-refractivity contribution in [3.63, 3.8) is 0 Å². The van der Waals surface area contributed by atoms with Crippen molar-refractivity contribution < 1.29 is 4.74 Å². The number of anilines is 1. The van der Waals surface area contributed by atoms with Crippen molar-refractivity contribution in [1.29, 1.82) is 0 Å². The number of H-pyrrole nitrogens is 1. The van der Waals surface area contributed by atoms with Gasteiger partial charge in [0, 0.05) is 20.2 Å². The Morgan fingerprint density at radius 1 is 1.56 bits per heavy atom. The van der Waals surface area contributed by atoms with Crippen LogP contribution in [-0.4, -0.2) is 41.9 Å². The van der Waals surface area contributed by atoms with Crippen molar-refractivity contribution in [2.45, 2.75) is 32.3 Å². The number of hydrogen-bond donors (Lipinski definition) is 2. The lowest BCUT2D eigenvalue weighted by atomic mass is 9.99. The van der Waals surface area contributed by atoms with Crippen molar-refractivity contribution in [2.75, 3.05) is 31.6 Å². The average Bonchev–Trinajstić information content (AvgIpc) is 2.89. The largest absolute Gasteiger partial charge is 0.371 e. The van der Waals surface area contributed by atoms with Crippen LogP contribution in [0, 0.1) is 5.92 Å². The van der Waals surface area contributed by atoms with Gasteiger partial charge in [0.25, 0.3) is 0 Å². The minimum atomic E-state index is -0.436. The summed E-state index contributed by atoms with van der Waals surface area (Å²) >= 11 is 0. The molecule has 3 N–H and O–H groups in total. The molecule has 0 bridgehead atoms. The second kappa shape index (κ2) is 5.24. The summed E-state index contributed by atoms with van der Waals surface area (Å²) in [5, 5.41) is 7.26. The van der Waals surface area contributed by atoms with E-state index in [0.717, 1.165) is 37.8 Å². The third kappa shape index (κ3) is 2.64. The molecule has 1 aromatic heterocycles. The molecule has 1 fully saturated rings. The molecule has 0 amide bonds. The van der Waals surface area contributed by atoms with Gasteiger partial charge in [0.1, 0.15) is 5.60 Å². The molecule has 1 aromatic rings. The Kier molecular flexibility index (Phi) is 3.87. The molecular formula is C12H23N5O. The molecule has 1 aliphatic heterocycles. The van der Waals surface area contributed by atoms with Gasteiger partial charge in [-0.05, 0) is 39.2 Å². The Balaban J connectivity index is 2.10. The van der Waals surface area contributed by atoms with Gasteiger partial charge < -0.3 is 15.4 Å². The fourth-order valence-corrected chi connectivity index (χ4v) is 2.20. The van der Waals surface area contributed by atoms with Gasteiger partial charge in [-0.25, -0.2) is 0 Å². The number of aromatic amines is 1. The van der Waals surface area contributed by atoms with Gasteiger partial charge in [0.2, 0.25) is 5.95 Å². The molecule has 6 heteroatoms. The normalized spacial score (nSPS) is 21.3. The molecule has 1 aliphatic rings. The van der Waals surface area contributed by atoms with E-state index in [1.165, 1.54) is 6.42 Å². The number of nitrogens with zero attached hydrogens (tertiary/aromatic N) is 3. The molecule has 0 saturated carbocycles. The zero-order valence-electron chi connectivity index (χ0n) is 11.4. The first-order chi connectivity index (χ1) is 8.56. The van der Waals surface area contributed by atoms with Crippen LogP contribution in [0.4, 0.5) is 5.95 Å². The Bertz CT molecular complexity index is 390. The van der Waals surface area contributed by atoms with E-state index >= 15 is 0 Å². The number of nitrogens with one attached hydrogen (secondary N) is 1. The second-order valence-corrected chi connectivity index (χ2v) is 5.39. The highest BCUT2D eigenvalue weighted by Gasteiger charge is 2.27. The maximum Gasteiger partial charge on any atom is 0.244 e. The van der Waals surface area contributed by atoms with E-state index < -0.39 is 5.60 Å². The lowest BCUT2D eigenvalue weighted by molar-refractivity contribution is 0.0118. The molecule has 2 heterocycles. The van der Waals surface area contributed by atoms with Gasteiger partial charge in [-0.1, -0.05) is 0 Å². The van der Waals surface area contributed by atoms with Crippen LogP contribution in [0.15, 0.2) is 0 Å². The van der Waals surface area contributed by atoms with E-state index in [2.05, 4.69) is 20.1 Å². The Morgan fingerprint density at radius 2 is 2.33 bits per heavy atom. The van der Waals surface area contributed by atoms with Crippen molar-refractivity contribution in [1.82, 2.24) is 15.2 Å². The first kappa shape index (κ1) is 13.3. The summed E-state index contributed by atoms with van der Waals surface area (Å²) in [5.74, 6) is 2.07. The highest BCUT2D eigenvalue weighted by Crippen LogP contribution is 2.24. The van der Waals surface area contributed by atoms with Crippen LogP contribution < -0.4 is 10.6 Å². The third-order valence-corrected chi connectivity index (χ3v) is 3.69. The van der Waals surface area contributed by atoms with E-state index in [4.69, 9.17) is 10.5 Å². The average molecular weight is 253 g/mol. The number of methoxy groups -OCH3 is 1. The Hall–Kier alpha value is -1.14. The maximum atomic E-state index is 5.74. The number of aromatic nitrogens is 3. The van der Waals surface area contributed by atoms with Gasteiger partial charge >= 0.3 is 0 Å². The standard InChI is InChI=1S/C12H23N5O/c1-12(2,18-3)10-14-11(16-15-10)17-6-4-5-9(7-13)8-17/h9H,4-8,13H2,1-3H3,(H,14,15,16). The molecule has 6 nitrogen and oxygen atoms in total. The van der Waals surface area contributed by atoms with Crippen molar-refractivity contribution in [2.24, 2.45) is 11.7 Å². The van der Waals surface area contributed by atoms with E-state index in [0.29, 0.717) is 5.92 Å². The topological polar surface area (TPSA) is 80.1 Å². The summed E-state index contributed by atoms with van der Waals surface area (Å²) in [7, 11) is 1.67. The SMILES string of the molecule is COC(C)(C)c1nc(N2CCCC(CN)C2)n[nH]1. The van der Waals surface area contributed by atoms with Gasteiger partial charge in [0.05, 0.1) is 0 Å². The fraction of sp³-hybridized carbons (Fsp3) is 0.833. The lowest BCUT2D eigenvalue weighted by Gasteiger charge is -2.31. The van der Waals surface area contributed by atoms with Gasteiger partial charge in [0.15, 0.2) is 5.82 Å². The fourth-order valence-electron chi connectivity index (χ4n) is 2.20. The molecule has 18 heavy (non-hydrogen) atoms. The predicted molar refractivity (Wildman–Crippen MR) is 70.4 cm³/mol. The van der Waals surface area contributed by atoms with Gasteiger partial charge in [-0.2, -0.15) is 4.98 Å². The molecule has 1 atom stereocenters. The molecule has 102 valence electrons. The predicted octanol–water partition coefficient (Wildman–Crippen LogP) is 0.861. The van der Waals surface area contributed by atoms with E-state index in [1.54, 1.807) is 7.11 Å². The minimum Gasteiger partial charge on any atom is -0.371 e. The number of piperidine rings is 1. The van der Waals surface area contributed by atoms with Gasteiger partial charge in [-0.15, -0.1) is 5.10 Å². The third-order valence-electron chi connectivity index (χ3n) is 3.69. The molecule has 1 saturated heterocycles. The second-order valence-electron chi connectivity index (χ2n) is 5.39. The monoisotopic (exact) mass is 253 g/mol. The zero-order valence-corrected chi connectivity index (χ0v) is 11.4. The van der Waals surface area contributed by atoms with Crippen LogP contribution >= 0.6 is 0 Å². The number of ether oxygens (including phenoxy) is 1. The first-order valence-corrected chi connectivity index (χ1v) is 6.50. The molecule has 2 rings (SSSR count). The van der Waals surface area contributed by atoms with Crippen molar-refractivity contribution >= 4 is 5.95 Å². The molecule has 0 spiro atoms. The smallest absolute Gasteiger partial charge is 0.244 e. The highest BCUT2D eigenvalue weighted by molar-refractivity contribution is 5.30. The van der Waals surface area contributed by atoms with E-state index in [9.17, 15) is 0 Å². The quantitative estimate of drug-likeness (QED) is 0.832. The van der Waals surface area contributed by atoms with Crippen LogP contribution in [0.5, 0.6) is 0 Å². The van der Waals surface area contributed by atoms with Crippen LogP contribution in [0.1, 0.15) is 32.5 Å². The van der Waals surface area contributed by atoms with Crippen molar-refractivity contribution in [3.8, 4) is 0 Å². The summed E-state index contributed by atoms with van der Waals surface area (Å²) in [6.07, 6.45) is 2.35. The molecule has 0 radical (unpaired) electrons. The van der Waals surface area contributed by atoms with Crippen molar-refractivity contribution in [3.05, 3.63) is 5.82 Å². The Labute approximate surface area is 108 Å². The summed E-state index contributed by atoms with van der Waals surface area (Å²) in [4.78, 5) is 6.74. The molecule has 0 aliphatic carbocycles. The summed E-state index contributed by atoms with van der Waals surface area (Å²) in [6.45, 7) is 6.62. The maximum absolute atomic E-state index is 5.74. The summed E-state index contributed by atoms with van der Waals surface area (Å²) < 4.78 is 5.39. The molecular weight excluding hydrogens is 230 g/mol. The van der Waals surface area contributed by atoms with Crippen LogP contribution in [0.25, 0.3) is 0 Å². The van der Waals surface area contributed by atoms with E-state index in [1.807, 2.05) is 13.8 Å². The van der Waals surface area contributed by atoms with Crippen LogP contribution in [-0.2, 0) is 10.3 Å². The zero-order chi connectivity index (χ0) is 13.2. The summed E-state index contributed by atoms with van der Waals surface area (Å²) in [6, 6.07) is 0. The summed E-state index contributed by atoms with van der Waals surface area (Å²) in [5.41, 5.74) is 5.31. The highest BCUT2D eigenvalue weighted by atomic mass is 16.5. The minimum absolute atomic E-state index is 0.436. The van der Waals surface area contributed by atoms with Gasteiger partial charge in [-0.3, -0.25) is 5.10 Å². The van der Waals surface area contributed by atoms with Crippen LogP contribution in [0.3, 0.4) is 0 Å².